The monoisotopic (exact) mass is 251 g/mol. The predicted octanol–water partition coefficient (Wildman–Crippen LogP) is 2.37. The van der Waals surface area contributed by atoms with Crippen molar-refractivity contribution in [2.24, 2.45) is 0 Å². The highest BCUT2D eigenvalue weighted by Crippen LogP contribution is 2.25. The Balaban J connectivity index is 2.27. The first-order chi connectivity index (χ1) is 9.28. The third-order valence-electron chi connectivity index (χ3n) is 3.02. The molecule has 0 aliphatic rings. The average Bonchev–Trinajstić information content (AvgIpc) is 2.46. The SMILES string of the molecule is Nc1ccc2c(CO)cc(-c3ccccn3)nc2c1. The summed E-state index contributed by atoms with van der Waals surface area (Å²) in [5.41, 5.74) is 9.55. The van der Waals surface area contributed by atoms with Gasteiger partial charge >= 0.3 is 0 Å². The Morgan fingerprint density at radius 2 is 1.95 bits per heavy atom. The van der Waals surface area contributed by atoms with E-state index >= 15 is 0 Å². The molecular formula is C15H13N3O. The lowest BCUT2D eigenvalue weighted by atomic mass is 10.1. The molecule has 3 rings (SSSR count). The number of nitrogen functional groups attached to an aromatic ring is 1. The zero-order chi connectivity index (χ0) is 13.2. The number of aliphatic hydroxyl groups excluding tert-OH is 1. The van der Waals surface area contributed by atoms with Crippen LogP contribution in [-0.4, -0.2) is 15.1 Å². The van der Waals surface area contributed by atoms with Gasteiger partial charge in [-0.1, -0.05) is 12.1 Å². The normalized spacial score (nSPS) is 10.8. The van der Waals surface area contributed by atoms with E-state index < -0.39 is 0 Å². The van der Waals surface area contributed by atoms with Crippen LogP contribution in [0.1, 0.15) is 5.56 Å². The van der Waals surface area contributed by atoms with E-state index in [2.05, 4.69) is 9.97 Å². The van der Waals surface area contributed by atoms with Crippen LogP contribution >= 0.6 is 0 Å². The number of aromatic nitrogens is 2. The molecule has 0 aliphatic carbocycles. The van der Waals surface area contributed by atoms with Crippen LogP contribution in [0.5, 0.6) is 0 Å². The van der Waals surface area contributed by atoms with Crippen LogP contribution in [0.2, 0.25) is 0 Å². The van der Waals surface area contributed by atoms with E-state index in [-0.39, 0.29) is 6.61 Å². The molecule has 1 aromatic carbocycles. The van der Waals surface area contributed by atoms with Crippen molar-refractivity contribution in [1.82, 2.24) is 9.97 Å². The van der Waals surface area contributed by atoms with Crippen molar-refractivity contribution in [3.8, 4) is 11.4 Å². The molecule has 0 spiro atoms. The van der Waals surface area contributed by atoms with E-state index in [4.69, 9.17) is 5.73 Å². The van der Waals surface area contributed by atoms with E-state index in [1.807, 2.05) is 36.4 Å². The molecular weight excluding hydrogens is 238 g/mol. The average molecular weight is 251 g/mol. The lowest BCUT2D eigenvalue weighted by Crippen LogP contribution is -1.95. The summed E-state index contributed by atoms with van der Waals surface area (Å²) < 4.78 is 0. The fraction of sp³-hybridized carbons (Fsp3) is 0.0667. The quantitative estimate of drug-likeness (QED) is 0.686. The second-order valence-corrected chi connectivity index (χ2v) is 4.32. The number of anilines is 1. The summed E-state index contributed by atoms with van der Waals surface area (Å²) in [4.78, 5) is 8.84. The molecule has 4 heteroatoms. The van der Waals surface area contributed by atoms with E-state index in [0.29, 0.717) is 5.69 Å². The molecule has 4 nitrogen and oxygen atoms in total. The molecule has 2 heterocycles. The molecule has 94 valence electrons. The first kappa shape index (κ1) is 11.6. The fourth-order valence-corrected chi connectivity index (χ4v) is 2.09. The molecule has 3 N–H and O–H groups in total. The summed E-state index contributed by atoms with van der Waals surface area (Å²) in [5, 5.41) is 10.4. The molecule has 19 heavy (non-hydrogen) atoms. The second kappa shape index (κ2) is 4.66. The molecule has 0 fully saturated rings. The summed E-state index contributed by atoms with van der Waals surface area (Å²) in [6.45, 7) is -0.0389. The lowest BCUT2D eigenvalue weighted by Gasteiger charge is -2.08. The van der Waals surface area contributed by atoms with Crippen molar-refractivity contribution >= 4 is 16.6 Å². The number of fused-ring (bicyclic) bond motifs is 1. The molecule has 0 radical (unpaired) electrons. The van der Waals surface area contributed by atoms with Gasteiger partial charge in [0.05, 0.1) is 23.5 Å². The maximum atomic E-state index is 9.50. The Morgan fingerprint density at radius 3 is 2.68 bits per heavy atom. The number of nitrogens with two attached hydrogens (primary N) is 1. The van der Waals surface area contributed by atoms with Crippen molar-refractivity contribution < 1.29 is 5.11 Å². The van der Waals surface area contributed by atoms with Crippen LogP contribution in [-0.2, 0) is 6.61 Å². The molecule has 0 saturated carbocycles. The van der Waals surface area contributed by atoms with Gasteiger partial charge in [-0.3, -0.25) is 4.98 Å². The van der Waals surface area contributed by atoms with Gasteiger partial charge in [0.25, 0.3) is 0 Å². The maximum absolute atomic E-state index is 9.50. The summed E-state index contributed by atoms with van der Waals surface area (Å²) in [6.07, 6.45) is 1.72. The van der Waals surface area contributed by atoms with Gasteiger partial charge < -0.3 is 10.8 Å². The lowest BCUT2D eigenvalue weighted by molar-refractivity contribution is 0.283. The van der Waals surface area contributed by atoms with Gasteiger partial charge in [-0.25, -0.2) is 4.98 Å². The Labute approximate surface area is 110 Å². The third-order valence-corrected chi connectivity index (χ3v) is 3.02. The predicted molar refractivity (Wildman–Crippen MR) is 75.3 cm³/mol. The number of hydrogen-bond donors (Lipinski definition) is 2. The number of hydrogen-bond acceptors (Lipinski definition) is 4. The Hall–Kier alpha value is -2.46. The molecule has 0 amide bonds. The van der Waals surface area contributed by atoms with E-state index in [0.717, 1.165) is 27.9 Å². The number of pyridine rings is 2. The van der Waals surface area contributed by atoms with Gasteiger partial charge in [-0.05, 0) is 35.9 Å². The zero-order valence-corrected chi connectivity index (χ0v) is 10.2. The fourth-order valence-electron chi connectivity index (χ4n) is 2.09. The van der Waals surface area contributed by atoms with Gasteiger partial charge in [0.2, 0.25) is 0 Å². The van der Waals surface area contributed by atoms with Crippen molar-refractivity contribution in [2.75, 3.05) is 5.73 Å². The van der Waals surface area contributed by atoms with Crippen LogP contribution in [0, 0.1) is 0 Å². The minimum absolute atomic E-state index is 0.0389. The van der Waals surface area contributed by atoms with Crippen LogP contribution in [0.4, 0.5) is 5.69 Å². The van der Waals surface area contributed by atoms with E-state index in [9.17, 15) is 5.11 Å². The summed E-state index contributed by atoms with van der Waals surface area (Å²) >= 11 is 0. The summed E-state index contributed by atoms with van der Waals surface area (Å²) in [6, 6.07) is 13.0. The second-order valence-electron chi connectivity index (χ2n) is 4.32. The minimum atomic E-state index is -0.0389. The molecule has 0 bridgehead atoms. The van der Waals surface area contributed by atoms with Gasteiger partial charge in [-0.15, -0.1) is 0 Å². The molecule has 2 aromatic heterocycles. The third kappa shape index (κ3) is 2.13. The first-order valence-corrected chi connectivity index (χ1v) is 5.99. The Morgan fingerprint density at radius 1 is 1.05 bits per heavy atom. The largest absolute Gasteiger partial charge is 0.399 e. The highest BCUT2D eigenvalue weighted by atomic mass is 16.3. The number of rotatable bonds is 2. The Kier molecular flexibility index (Phi) is 2.85. The van der Waals surface area contributed by atoms with Gasteiger partial charge in [0.1, 0.15) is 0 Å². The molecule has 0 atom stereocenters. The number of nitrogens with zero attached hydrogens (tertiary/aromatic N) is 2. The van der Waals surface area contributed by atoms with Gasteiger partial charge in [0.15, 0.2) is 0 Å². The molecule has 0 saturated heterocycles. The van der Waals surface area contributed by atoms with Crippen molar-refractivity contribution in [2.45, 2.75) is 6.61 Å². The molecule has 0 unspecified atom stereocenters. The molecule has 0 aliphatic heterocycles. The Bertz CT molecular complexity index is 726. The maximum Gasteiger partial charge on any atom is 0.0897 e. The first-order valence-electron chi connectivity index (χ1n) is 5.99. The van der Waals surface area contributed by atoms with Crippen LogP contribution < -0.4 is 5.73 Å². The zero-order valence-electron chi connectivity index (χ0n) is 10.2. The number of aliphatic hydroxyl groups is 1. The van der Waals surface area contributed by atoms with E-state index in [1.54, 1.807) is 12.3 Å². The minimum Gasteiger partial charge on any atom is -0.399 e. The molecule has 3 aromatic rings. The highest BCUT2D eigenvalue weighted by Gasteiger charge is 2.07. The highest BCUT2D eigenvalue weighted by molar-refractivity contribution is 5.87. The topological polar surface area (TPSA) is 72.0 Å². The van der Waals surface area contributed by atoms with Crippen molar-refractivity contribution in [1.29, 1.82) is 0 Å². The van der Waals surface area contributed by atoms with Crippen LogP contribution in [0.3, 0.4) is 0 Å². The number of benzene rings is 1. The van der Waals surface area contributed by atoms with Gasteiger partial charge in [0, 0.05) is 17.3 Å². The van der Waals surface area contributed by atoms with Crippen LogP contribution in [0.25, 0.3) is 22.3 Å². The van der Waals surface area contributed by atoms with E-state index in [1.165, 1.54) is 0 Å². The summed E-state index contributed by atoms with van der Waals surface area (Å²) in [5.74, 6) is 0. The standard InChI is InChI=1S/C15H13N3O/c16-11-4-5-12-10(9-19)7-15(18-14(12)8-11)13-3-1-2-6-17-13/h1-8,19H,9,16H2. The smallest absolute Gasteiger partial charge is 0.0897 e. The van der Waals surface area contributed by atoms with Crippen LogP contribution in [0.15, 0.2) is 48.7 Å². The van der Waals surface area contributed by atoms with Crippen molar-refractivity contribution in [3.63, 3.8) is 0 Å². The van der Waals surface area contributed by atoms with Gasteiger partial charge in [-0.2, -0.15) is 0 Å². The summed E-state index contributed by atoms with van der Waals surface area (Å²) in [7, 11) is 0. The van der Waals surface area contributed by atoms with Crippen molar-refractivity contribution in [3.05, 3.63) is 54.2 Å².